The third-order valence-corrected chi connectivity index (χ3v) is 20.0. The van der Waals surface area contributed by atoms with E-state index in [4.69, 9.17) is 34.4 Å². The van der Waals surface area contributed by atoms with Gasteiger partial charge in [0.2, 0.25) is 53.2 Å². The Labute approximate surface area is 703 Å². The van der Waals surface area contributed by atoms with Gasteiger partial charge in [-0.1, -0.05) is 80.9 Å². The van der Waals surface area contributed by atoms with Crippen LogP contribution in [0.1, 0.15) is 211 Å². The van der Waals surface area contributed by atoms with Gasteiger partial charge in [0.15, 0.2) is 0 Å². The van der Waals surface area contributed by atoms with Gasteiger partial charge in [0, 0.05) is 42.7 Å². The number of amides is 12. The molecule has 662 valence electrons. The van der Waals surface area contributed by atoms with Gasteiger partial charge in [-0.3, -0.25) is 57.5 Å². The highest BCUT2D eigenvalue weighted by molar-refractivity contribution is 6.58. The lowest BCUT2D eigenvalue weighted by Gasteiger charge is -2.29. The van der Waals surface area contributed by atoms with Crippen LogP contribution in [0, 0.1) is 5.92 Å². The second kappa shape index (κ2) is 58.5. The Morgan fingerprint density at radius 2 is 0.592 bits per heavy atom. The highest BCUT2D eigenvalue weighted by Crippen LogP contribution is 2.17. The largest absolute Gasteiger partial charge is 0.508 e. The van der Waals surface area contributed by atoms with Crippen molar-refractivity contribution < 1.29 is 82.6 Å². The predicted molar refractivity (Wildman–Crippen MR) is 456 cm³/mol. The fourth-order valence-corrected chi connectivity index (χ4v) is 13.0. The first-order valence-electron chi connectivity index (χ1n) is 42.0. The third-order valence-electron chi connectivity index (χ3n) is 20.0. The minimum absolute atomic E-state index is 0.00896. The lowest BCUT2D eigenvalue weighted by molar-refractivity contribution is -0.142. The molecule has 0 unspecified atom stereocenters. The van der Waals surface area contributed by atoms with E-state index >= 15 is 14.4 Å². The van der Waals surface area contributed by atoms with Gasteiger partial charge in [-0.05, 0) is 252 Å². The third kappa shape index (κ3) is 40.1. The van der Waals surface area contributed by atoms with Gasteiger partial charge in [-0.15, -0.1) is 0 Å². The van der Waals surface area contributed by atoms with Crippen molar-refractivity contribution in [1.29, 1.82) is 0 Å². The van der Waals surface area contributed by atoms with Gasteiger partial charge in [0.25, 0.3) is 17.7 Å². The van der Waals surface area contributed by atoms with E-state index in [1.54, 1.807) is 74.5 Å². The fourth-order valence-electron chi connectivity index (χ4n) is 13.0. The van der Waals surface area contributed by atoms with Crippen molar-refractivity contribution in [3.63, 3.8) is 0 Å². The number of phenolic OH excluding ortho intramolecular Hbond substituents is 1. The molecule has 4 aromatic rings. The number of carbonyl (C=O) groups is 13. The molecule has 0 aliphatic heterocycles. The maximum atomic E-state index is 15.1. The Balaban J connectivity index is 1.66. The zero-order valence-electron chi connectivity index (χ0n) is 69.4. The summed E-state index contributed by atoms with van der Waals surface area (Å²) in [5.41, 5.74) is 37.5. The molecule has 0 fully saturated rings. The van der Waals surface area contributed by atoms with Crippen LogP contribution in [-0.4, -0.2) is 217 Å². The van der Waals surface area contributed by atoms with E-state index in [-0.39, 0.29) is 177 Å². The molecule has 0 radical (unpaired) electrons. The quantitative estimate of drug-likeness (QED) is 0.0202. The number of hydrogen-bond acceptors (Lipinski definition) is 22. The normalized spacial score (nSPS) is 13.6. The molecular formula is C84H131BN18O17. The Hall–Kier alpha value is -10.5. The zero-order valence-corrected chi connectivity index (χ0v) is 69.4. The summed E-state index contributed by atoms with van der Waals surface area (Å²) in [6.45, 7) is 5.26. The molecule has 35 nitrogen and oxygen atoms in total. The summed E-state index contributed by atoms with van der Waals surface area (Å²) >= 11 is 0. The summed E-state index contributed by atoms with van der Waals surface area (Å²) in [6.07, 6.45) is 5.56. The monoisotopic (exact) mass is 1680 g/mol. The van der Waals surface area contributed by atoms with Crippen LogP contribution < -0.4 is 104 Å². The van der Waals surface area contributed by atoms with Crippen LogP contribution in [0.25, 0.3) is 0 Å². The first kappa shape index (κ1) is 102. The van der Waals surface area contributed by atoms with E-state index in [0.29, 0.717) is 93.9 Å². The van der Waals surface area contributed by atoms with Crippen LogP contribution in [0.2, 0.25) is 0 Å². The molecule has 0 aliphatic carbocycles. The molecule has 28 N–H and O–H groups in total. The average molecular weight is 1680 g/mol. The summed E-state index contributed by atoms with van der Waals surface area (Å²) in [6, 6.07) is 14.9. The van der Waals surface area contributed by atoms with Gasteiger partial charge in [0.1, 0.15) is 60.1 Å². The van der Waals surface area contributed by atoms with Crippen LogP contribution in [0.15, 0.2) is 109 Å². The molecule has 12 amide bonds. The average Bonchev–Trinajstić information content (AvgIpc) is 0.860. The van der Waals surface area contributed by atoms with Crippen LogP contribution in [0.4, 0.5) is 0 Å². The fraction of sp³-hybridized carbons (Fsp3) is 0.560. The van der Waals surface area contributed by atoms with Crippen molar-refractivity contribution in [2.75, 3.05) is 52.4 Å². The van der Waals surface area contributed by atoms with Gasteiger partial charge in [-0.25, -0.2) is 4.79 Å². The molecule has 0 aromatic heterocycles. The summed E-state index contributed by atoms with van der Waals surface area (Å²) in [5.74, 6) is -10.1. The first-order chi connectivity index (χ1) is 57.6. The van der Waals surface area contributed by atoms with E-state index in [1.807, 2.05) is 0 Å². The Morgan fingerprint density at radius 1 is 0.325 bits per heavy atom. The number of nitrogens with two attached hydrogens (primary N) is 6. The minimum Gasteiger partial charge on any atom is -0.508 e. The molecular weight excluding hydrogens is 1540 g/mol. The second-order valence-corrected chi connectivity index (χ2v) is 30.4. The van der Waals surface area contributed by atoms with Crippen LogP contribution in [0.3, 0.4) is 0 Å². The van der Waals surface area contributed by atoms with Crippen molar-refractivity contribution in [3.05, 3.63) is 131 Å². The molecule has 0 aliphatic rings. The second-order valence-electron chi connectivity index (χ2n) is 30.4. The summed E-state index contributed by atoms with van der Waals surface area (Å²) in [4.78, 5) is 184. The molecule has 4 rings (SSSR count). The van der Waals surface area contributed by atoms with E-state index < -0.39 is 133 Å². The predicted octanol–water partition coefficient (Wildman–Crippen LogP) is -0.118. The lowest BCUT2D eigenvalue weighted by atomic mass is 9.80. The molecule has 0 heterocycles. The highest BCUT2D eigenvalue weighted by atomic mass is 16.4. The Morgan fingerprint density at radius 3 is 0.883 bits per heavy atom. The van der Waals surface area contributed by atoms with Crippen molar-refractivity contribution in [3.8, 4) is 5.75 Å². The molecule has 0 saturated carbocycles. The van der Waals surface area contributed by atoms with Crippen LogP contribution >= 0.6 is 0 Å². The SMILES string of the molecule is CC(C)C[C@H](NC(=O)[C@H](CCCCN)NC(=O)[C@H](CCCCN)NC(=O)[C@H](CCCCNC(=O)c1ccccc1)NC(=O)[C@H](CCCCN)NC(=O)[C@H](CCCCN)NC(=O)[C@H](CCCCNC(=O)c1ccccc1)NC(=O)[C@@H](N)CCCCN)C(=O)N[C@@H](CCCCNC(=O)c1ccc(B(O)O)cc1)C(=O)N[C@@H](Cc1ccc(O)cc1)C(=O)O. The molecule has 0 spiro atoms. The topological polar surface area (TPSA) is 603 Å². The van der Waals surface area contributed by atoms with Gasteiger partial charge in [0.05, 0.1) is 6.04 Å². The maximum absolute atomic E-state index is 15.1. The summed E-state index contributed by atoms with van der Waals surface area (Å²) < 4.78 is 0. The molecule has 0 bridgehead atoms. The Kier molecular flexibility index (Phi) is 49.6. The summed E-state index contributed by atoms with van der Waals surface area (Å²) in [5, 5.41) is 72.5. The van der Waals surface area contributed by atoms with Crippen LogP contribution in [-0.2, 0) is 54.4 Å². The molecule has 120 heavy (non-hydrogen) atoms. The van der Waals surface area contributed by atoms with E-state index in [2.05, 4.69) is 63.8 Å². The first-order valence-corrected chi connectivity index (χ1v) is 42.0. The van der Waals surface area contributed by atoms with Crippen molar-refractivity contribution >= 4 is 89.4 Å². The zero-order chi connectivity index (χ0) is 88.2. The number of aliphatic carboxylic acids is 1. The number of carboxylic acid groups (broad SMARTS) is 1. The number of carbonyl (C=O) groups excluding carboxylic acids is 12. The van der Waals surface area contributed by atoms with E-state index in [1.165, 1.54) is 48.5 Å². The number of nitrogens with one attached hydrogen (secondary N) is 12. The maximum Gasteiger partial charge on any atom is 0.488 e. The number of carboxylic acids is 1. The molecule has 36 heteroatoms. The smallest absolute Gasteiger partial charge is 0.488 e. The van der Waals surface area contributed by atoms with Crippen molar-refractivity contribution in [2.45, 2.75) is 241 Å². The van der Waals surface area contributed by atoms with Crippen molar-refractivity contribution in [1.82, 2.24) is 63.8 Å². The van der Waals surface area contributed by atoms with Crippen LogP contribution in [0.5, 0.6) is 5.75 Å². The summed E-state index contributed by atoms with van der Waals surface area (Å²) in [7, 11) is -1.74. The highest BCUT2D eigenvalue weighted by Gasteiger charge is 2.37. The van der Waals surface area contributed by atoms with E-state index in [0.717, 1.165) is 0 Å². The van der Waals surface area contributed by atoms with E-state index in [9.17, 15) is 68.2 Å². The lowest BCUT2D eigenvalue weighted by Crippen LogP contribution is -2.60. The number of phenols is 1. The molecule has 4 aromatic carbocycles. The van der Waals surface area contributed by atoms with Gasteiger partial charge in [-0.2, -0.15) is 0 Å². The molecule has 10 atom stereocenters. The number of hydrogen-bond donors (Lipinski definition) is 22. The minimum atomic E-state index is -1.74. The number of aromatic hydroxyl groups is 1. The number of rotatable bonds is 62. The van der Waals surface area contributed by atoms with Gasteiger partial charge >= 0.3 is 13.1 Å². The molecule has 0 saturated heterocycles. The van der Waals surface area contributed by atoms with Gasteiger partial charge < -0.3 is 118 Å². The van der Waals surface area contributed by atoms with Crippen molar-refractivity contribution in [2.24, 2.45) is 40.3 Å². The number of unbranched alkanes of at least 4 members (excludes halogenated alkanes) is 8. The standard InChI is InChI=1S/C84H131BN18O17/c1-55(2)53-70(83(116)101-69(82(115)103-71(84(117)118)54-56-37-43-61(104)44-38-56)36-16-24-52-94-74(107)59-39-41-60(42-40-59)85(119)120)102-81(114)67(33-13-21-49-90)99-78(111)65(31-11-19-47-88)98-80(113)68(35-15-23-51-93-73(106)58-27-7-4-8-28-58)100-79(112)66(32-12-20-48-89)97-77(110)64(30-10-18-46-87)96-76(109)63(95-75(108)62(91)29-9-17-45-86)34-14-22-50-92-72(105)57-25-5-3-6-26-57/h3-8,25-28,37-44,55,62-71,104,119-120H,9-24,29-36,45-54,86-91H2,1-2H3,(H,92,105)(H,93,106)(H,94,107)(H,95,108)(H,96,109)(H,97,110)(H,98,113)(H,99,111)(H,100,112)(H,101,116)(H,102,114)(H,103,115)(H,117,118)/t62-,63-,64-,65-,66-,67-,68-,69-,70-,71-/m0/s1. The number of benzene rings is 4. The Bertz CT molecular complexity index is 3780.